The van der Waals surface area contributed by atoms with E-state index in [1.54, 1.807) is 19.2 Å². The van der Waals surface area contributed by atoms with Crippen molar-refractivity contribution in [3.63, 3.8) is 0 Å². The first-order valence-electron chi connectivity index (χ1n) is 11.8. The highest BCUT2D eigenvalue weighted by Crippen LogP contribution is 2.36. The van der Waals surface area contributed by atoms with Gasteiger partial charge in [-0.2, -0.15) is 0 Å². The third-order valence-corrected chi connectivity index (χ3v) is 5.89. The molecule has 0 N–H and O–H groups in total. The number of carbonyl (C=O) groups excluding carboxylic acids is 1. The number of nitrogens with zero attached hydrogens (tertiary/aromatic N) is 1. The standard InChI is InChI=1S/C30H34ClNO4/c1-30(2,3)29(33)36-26-17-9-22(10-18-26)27(28(31)23-11-13-24(34-6)14-12-23)21-7-15-25(16-8-21)35-20-19-32(4)5/h7-18H,19-20H2,1-6H3/b28-27+. The summed E-state index contributed by atoms with van der Waals surface area (Å²) in [6, 6.07) is 22.9. The third-order valence-electron chi connectivity index (χ3n) is 5.48. The number of likely N-dealkylation sites (N-methyl/N-ethyl adjacent to an activating group) is 1. The highest BCUT2D eigenvalue weighted by molar-refractivity contribution is 6.53. The molecule has 0 spiro atoms. The maximum absolute atomic E-state index is 12.3. The second-order valence-electron chi connectivity index (χ2n) is 9.76. The summed E-state index contributed by atoms with van der Waals surface area (Å²) in [7, 11) is 5.66. The van der Waals surface area contributed by atoms with Crippen LogP contribution in [-0.2, 0) is 4.79 Å². The van der Waals surface area contributed by atoms with E-state index >= 15 is 0 Å². The molecule has 0 aromatic heterocycles. The van der Waals surface area contributed by atoms with Crippen LogP contribution in [0.3, 0.4) is 0 Å². The maximum Gasteiger partial charge on any atom is 0.316 e. The number of rotatable bonds is 9. The van der Waals surface area contributed by atoms with E-state index in [0.717, 1.165) is 40.3 Å². The molecule has 0 heterocycles. The van der Waals surface area contributed by atoms with Crippen molar-refractivity contribution in [3.8, 4) is 17.2 Å². The molecule has 0 unspecified atom stereocenters. The minimum atomic E-state index is -0.586. The van der Waals surface area contributed by atoms with Crippen molar-refractivity contribution in [1.29, 1.82) is 0 Å². The monoisotopic (exact) mass is 507 g/mol. The lowest BCUT2D eigenvalue weighted by atomic mass is 9.95. The summed E-state index contributed by atoms with van der Waals surface area (Å²) in [5.41, 5.74) is 2.97. The second-order valence-corrected chi connectivity index (χ2v) is 10.1. The molecular weight excluding hydrogens is 474 g/mol. The summed E-state index contributed by atoms with van der Waals surface area (Å²) >= 11 is 7.00. The Morgan fingerprint density at radius 2 is 1.25 bits per heavy atom. The Morgan fingerprint density at radius 1 is 0.778 bits per heavy atom. The van der Waals surface area contributed by atoms with E-state index in [1.807, 2.05) is 95.5 Å². The number of ether oxygens (including phenoxy) is 3. The van der Waals surface area contributed by atoms with Gasteiger partial charge in [0.05, 0.1) is 17.6 Å². The average molecular weight is 508 g/mol. The number of esters is 1. The highest BCUT2D eigenvalue weighted by atomic mass is 35.5. The van der Waals surface area contributed by atoms with Crippen LogP contribution in [0.4, 0.5) is 0 Å². The van der Waals surface area contributed by atoms with Crippen LogP contribution in [0.15, 0.2) is 72.8 Å². The topological polar surface area (TPSA) is 48.0 Å². The average Bonchev–Trinajstić information content (AvgIpc) is 2.85. The Hall–Kier alpha value is -3.28. The van der Waals surface area contributed by atoms with Gasteiger partial charge >= 0.3 is 5.97 Å². The number of hydrogen-bond acceptors (Lipinski definition) is 5. The molecule has 3 aromatic carbocycles. The molecule has 0 aliphatic carbocycles. The van der Waals surface area contributed by atoms with Crippen LogP contribution >= 0.6 is 11.6 Å². The Bertz CT molecular complexity index is 1180. The summed E-state index contributed by atoms with van der Waals surface area (Å²) in [5, 5.41) is 0.596. The quantitative estimate of drug-likeness (QED) is 0.182. The summed E-state index contributed by atoms with van der Waals surface area (Å²) in [6.07, 6.45) is 0. The number of carbonyl (C=O) groups is 1. The Balaban J connectivity index is 1.97. The summed E-state index contributed by atoms with van der Waals surface area (Å²) in [5.74, 6) is 1.76. The molecular formula is C30H34ClNO4. The van der Waals surface area contributed by atoms with Crippen molar-refractivity contribution in [1.82, 2.24) is 4.90 Å². The lowest BCUT2D eigenvalue weighted by molar-refractivity contribution is -0.142. The maximum atomic E-state index is 12.3. The fourth-order valence-corrected chi connectivity index (χ4v) is 3.66. The minimum Gasteiger partial charge on any atom is -0.497 e. The van der Waals surface area contributed by atoms with E-state index in [4.69, 9.17) is 25.8 Å². The first-order valence-corrected chi connectivity index (χ1v) is 12.2. The van der Waals surface area contributed by atoms with Gasteiger partial charge in [0.2, 0.25) is 0 Å². The smallest absolute Gasteiger partial charge is 0.316 e. The summed E-state index contributed by atoms with van der Waals surface area (Å²) < 4.78 is 16.7. The van der Waals surface area contributed by atoms with Gasteiger partial charge in [0.1, 0.15) is 23.9 Å². The summed E-state index contributed by atoms with van der Waals surface area (Å²) in [6.45, 7) is 6.92. The molecule has 6 heteroatoms. The Labute approximate surface area is 219 Å². The van der Waals surface area contributed by atoms with E-state index in [0.29, 0.717) is 17.4 Å². The predicted octanol–water partition coefficient (Wildman–Crippen LogP) is 6.74. The van der Waals surface area contributed by atoms with Crippen LogP contribution in [-0.4, -0.2) is 45.2 Å². The molecule has 0 amide bonds. The van der Waals surface area contributed by atoms with Crippen LogP contribution in [0.5, 0.6) is 17.2 Å². The molecule has 0 aliphatic rings. The number of methoxy groups -OCH3 is 1. The van der Waals surface area contributed by atoms with E-state index in [2.05, 4.69) is 4.90 Å². The molecule has 190 valence electrons. The zero-order valence-electron chi connectivity index (χ0n) is 21.8. The lowest BCUT2D eigenvalue weighted by Gasteiger charge is -2.17. The fourth-order valence-electron chi connectivity index (χ4n) is 3.32. The number of benzene rings is 3. The predicted molar refractivity (Wildman–Crippen MR) is 147 cm³/mol. The normalized spacial score (nSPS) is 12.2. The van der Waals surface area contributed by atoms with Crippen LogP contribution in [0.1, 0.15) is 37.5 Å². The minimum absolute atomic E-state index is 0.285. The van der Waals surface area contributed by atoms with Crippen LogP contribution in [0.2, 0.25) is 0 Å². The van der Waals surface area contributed by atoms with E-state index < -0.39 is 5.41 Å². The zero-order valence-corrected chi connectivity index (χ0v) is 22.6. The highest BCUT2D eigenvalue weighted by Gasteiger charge is 2.23. The van der Waals surface area contributed by atoms with Gasteiger partial charge in [-0.05, 0) is 100 Å². The van der Waals surface area contributed by atoms with Gasteiger partial charge in [-0.3, -0.25) is 4.79 Å². The largest absolute Gasteiger partial charge is 0.497 e. The molecule has 0 fully saturated rings. The van der Waals surface area contributed by atoms with Crippen molar-refractivity contribution < 1.29 is 19.0 Å². The van der Waals surface area contributed by atoms with Gasteiger partial charge in [-0.25, -0.2) is 0 Å². The van der Waals surface area contributed by atoms with E-state index in [9.17, 15) is 4.79 Å². The van der Waals surface area contributed by atoms with E-state index in [-0.39, 0.29) is 5.97 Å². The number of hydrogen-bond donors (Lipinski definition) is 0. The van der Waals surface area contributed by atoms with Crippen molar-refractivity contribution >= 4 is 28.2 Å². The third kappa shape index (κ3) is 7.36. The van der Waals surface area contributed by atoms with Crippen molar-refractivity contribution in [2.45, 2.75) is 20.8 Å². The first kappa shape index (κ1) is 27.3. The molecule has 0 aliphatic heterocycles. The molecule has 36 heavy (non-hydrogen) atoms. The molecule has 5 nitrogen and oxygen atoms in total. The van der Waals surface area contributed by atoms with Crippen molar-refractivity contribution in [2.75, 3.05) is 34.4 Å². The lowest BCUT2D eigenvalue weighted by Crippen LogP contribution is -2.25. The molecule has 0 radical (unpaired) electrons. The van der Waals surface area contributed by atoms with Gasteiger partial charge < -0.3 is 19.1 Å². The summed E-state index contributed by atoms with van der Waals surface area (Å²) in [4.78, 5) is 14.4. The van der Waals surface area contributed by atoms with Gasteiger partial charge in [0.15, 0.2) is 0 Å². The van der Waals surface area contributed by atoms with E-state index in [1.165, 1.54) is 0 Å². The van der Waals surface area contributed by atoms with Crippen LogP contribution < -0.4 is 14.2 Å². The van der Waals surface area contributed by atoms with Crippen molar-refractivity contribution in [3.05, 3.63) is 89.5 Å². The zero-order chi connectivity index (χ0) is 26.3. The molecule has 0 saturated heterocycles. The SMILES string of the molecule is COc1ccc(/C(Cl)=C(/c2ccc(OCCN(C)C)cc2)c2ccc(OC(=O)C(C)(C)C)cc2)cc1. The van der Waals surface area contributed by atoms with Gasteiger partial charge in [-0.1, -0.05) is 35.9 Å². The van der Waals surface area contributed by atoms with Gasteiger partial charge in [0, 0.05) is 12.1 Å². The fraction of sp³-hybridized carbons (Fsp3) is 0.300. The Morgan fingerprint density at radius 3 is 1.72 bits per heavy atom. The first-order chi connectivity index (χ1) is 17.1. The molecule has 0 saturated carbocycles. The Kier molecular flexibility index (Phi) is 9.19. The molecule has 0 bridgehead atoms. The van der Waals surface area contributed by atoms with Gasteiger partial charge in [0.25, 0.3) is 0 Å². The molecule has 3 rings (SSSR count). The van der Waals surface area contributed by atoms with Crippen LogP contribution in [0, 0.1) is 5.41 Å². The molecule has 3 aromatic rings. The molecule has 0 atom stereocenters. The van der Waals surface area contributed by atoms with Crippen LogP contribution in [0.25, 0.3) is 10.6 Å². The van der Waals surface area contributed by atoms with Crippen molar-refractivity contribution in [2.24, 2.45) is 5.41 Å². The second kappa shape index (κ2) is 12.1. The number of halogens is 1. The van der Waals surface area contributed by atoms with Gasteiger partial charge in [-0.15, -0.1) is 0 Å².